The minimum Gasteiger partial charge on any atom is -0.369 e. The molecule has 0 aliphatic carbocycles. The van der Waals surface area contributed by atoms with Crippen LogP contribution in [0, 0.1) is 0 Å². The third-order valence-corrected chi connectivity index (χ3v) is 5.31. The Kier molecular flexibility index (Phi) is 6.87. The van der Waals surface area contributed by atoms with Crippen molar-refractivity contribution in [2.75, 3.05) is 34.8 Å². The first-order valence-electron chi connectivity index (χ1n) is 10.3. The molecule has 1 aliphatic heterocycles. The number of benzene rings is 1. The maximum atomic E-state index is 13.2. The Labute approximate surface area is 180 Å². The predicted octanol–water partition coefficient (Wildman–Crippen LogP) is 5.11. The molecule has 1 aromatic heterocycles. The van der Waals surface area contributed by atoms with Crippen molar-refractivity contribution < 1.29 is 18.0 Å². The summed E-state index contributed by atoms with van der Waals surface area (Å²) in [7, 11) is 0. The van der Waals surface area contributed by atoms with Crippen molar-refractivity contribution in [3.63, 3.8) is 0 Å². The summed E-state index contributed by atoms with van der Waals surface area (Å²) in [6, 6.07) is 10.3. The van der Waals surface area contributed by atoms with Crippen LogP contribution in [0.25, 0.3) is 0 Å². The van der Waals surface area contributed by atoms with Gasteiger partial charge in [-0.05, 0) is 63.6 Å². The second-order valence-electron chi connectivity index (χ2n) is 7.68. The normalized spacial score (nSPS) is 14.4. The van der Waals surface area contributed by atoms with Gasteiger partial charge in [-0.3, -0.25) is 4.79 Å². The quantitative estimate of drug-likeness (QED) is 0.689. The van der Waals surface area contributed by atoms with Crippen LogP contribution in [0.3, 0.4) is 0 Å². The number of halogens is 3. The van der Waals surface area contributed by atoms with Crippen LogP contribution in [0.2, 0.25) is 0 Å². The largest absolute Gasteiger partial charge is 0.419 e. The van der Waals surface area contributed by atoms with E-state index < -0.39 is 11.7 Å². The summed E-state index contributed by atoms with van der Waals surface area (Å²) in [6.07, 6.45) is -1.12. The van der Waals surface area contributed by atoms with E-state index in [1.54, 1.807) is 11.0 Å². The molecule has 0 radical (unpaired) electrons. The first-order valence-corrected chi connectivity index (χ1v) is 10.3. The number of nitrogens with zero attached hydrogens (tertiary/aromatic N) is 3. The Morgan fingerprint density at radius 2 is 1.94 bits per heavy atom. The fourth-order valence-electron chi connectivity index (χ4n) is 3.73. The van der Waals surface area contributed by atoms with E-state index in [4.69, 9.17) is 0 Å². The average Bonchev–Trinajstić information content (AvgIpc) is 2.75. The van der Waals surface area contributed by atoms with Crippen LogP contribution in [0.5, 0.6) is 0 Å². The summed E-state index contributed by atoms with van der Waals surface area (Å²) < 4.78 is 39.7. The van der Waals surface area contributed by atoms with E-state index in [2.05, 4.69) is 36.0 Å². The second-order valence-corrected chi connectivity index (χ2v) is 7.68. The van der Waals surface area contributed by atoms with E-state index in [-0.39, 0.29) is 24.8 Å². The van der Waals surface area contributed by atoms with E-state index >= 15 is 0 Å². The zero-order valence-corrected chi connectivity index (χ0v) is 17.9. The predicted molar refractivity (Wildman–Crippen MR) is 117 cm³/mol. The number of carbonyl (C=O) groups excluding carboxylic acids is 1. The van der Waals surface area contributed by atoms with E-state index in [9.17, 15) is 18.0 Å². The Hall–Kier alpha value is -3.03. The number of pyridine rings is 1. The van der Waals surface area contributed by atoms with Crippen molar-refractivity contribution in [1.82, 2.24) is 4.98 Å². The molecular weight excluding hydrogens is 405 g/mol. The van der Waals surface area contributed by atoms with E-state index in [0.717, 1.165) is 18.3 Å². The lowest BCUT2D eigenvalue weighted by atomic mass is 10.1. The molecule has 0 atom stereocenters. The van der Waals surface area contributed by atoms with Gasteiger partial charge in [0.05, 0.1) is 5.56 Å². The van der Waals surface area contributed by atoms with Gasteiger partial charge in [-0.2, -0.15) is 13.2 Å². The summed E-state index contributed by atoms with van der Waals surface area (Å²) in [5.41, 5.74) is 1.56. The van der Waals surface area contributed by atoms with E-state index in [1.807, 2.05) is 24.3 Å². The molecule has 0 spiro atoms. The first kappa shape index (κ1) is 22.7. The van der Waals surface area contributed by atoms with Crippen LogP contribution in [0.1, 0.15) is 32.8 Å². The number of amides is 1. The Bertz CT molecular complexity index is 939. The monoisotopic (exact) mass is 432 g/mol. The molecule has 1 N–H and O–H groups in total. The molecule has 166 valence electrons. The lowest BCUT2D eigenvalue weighted by Gasteiger charge is -2.29. The van der Waals surface area contributed by atoms with Gasteiger partial charge in [0.1, 0.15) is 5.82 Å². The Morgan fingerprint density at radius 3 is 2.48 bits per heavy atom. The minimum atomic E-state index is -4.47. The molecule has 2 heterocycles. The number of hydrogen-bond donors (Lipinski definition) is 1. The second kappa shape index (κ2) is 9.41. The number of hydrogen-bond acceptors (Lipinski definition) is 4. The number of nitrogens with one attached hydrogen (secondary N) is 1. The van der Waals surface area contributed by atoms with Crippen molar-refractivity contribution >= 4 is 23.1 Å². The van der Waals surface area contributed by atoms with Crippen molar-refractivity contribution in [3.8, 4) is 0 Å². The van der Waals surface area contributed by atoms with Crippen LogP contribution in [-0.4, -0.2) is 36.6 Å². The first-order chi connectivity index (χ1) is 14.7. The number of carbonyl (C=O) groups is 1. The molecular formula is C23H27F3N4O. The highest BCUT2D eigenvalue weighted by atomic mass is 19.4. The highest BCUT2D eigenvalue weighted by Gasteiger charge is 2.36. The van der Waals surface area contributed by atoms with Crippen LogP contribution in [0.15, 0.2) is 54.2 Å². The molecule has 5 nitrogen and oxygen atoms in total. The van der Waals surface area contributed by atoms with Gasteiger partial charge in [0, 0.05) is 48.8 Å². The zero-order chi connectivity index (χ0) is 22.6. The van der Waals surface area contributed by atoms with E-state index in [1.165, 1.54) is 12.3 Å². The molecule has 0 unspecified atom stereocenters. The molecule has 3 rings (SSSR count). The maximum absolute atomic E-state index is 13.2. The number of alkyl halides is 3. The molecule has 0 saturated heterocycles. The molecule has 2 aromatic rings. The maximum Gasteiger partial charge on any atom is 0.419 e. The van der Waals surface area contributed by atoms with Gasteiger partial charge >= 0.3 is 6.18 Å². The van der Waals surface area contributed by atoms with Gasteiger partial charge in [0.2, 0.25) is 0 Å². The summed E-state index contributed by atoms with van der Waals surface area (Å²) in [6.45, 7) is 7.72. The molecule has 31 heavy (non-hydrogen) atoms. The van der Waals surface area contributed by atoms with Crippen LogP contribution < -0.4 is 15.1 Å². The van der Waals surface area contributed by atoms with Gasteiger partial charge in [-0.1, -0.05) is 6.08 Å². The summed E-state index contributed by atoms with van der Waals surface area (Å²) >= 11 is 0. The van der Waals surface area contributed by atoms with Crippen LogP contribution in [0.4, 0.5) is 30.4 Å². The van der Waals surface area contributed by atoms with Crippen molar-refractivity contribution in [3.05, 3.63) is 59.8 Å². The lowest BCUT2D eigenvalue weighted by molar-refractivity contribution is -0.137. The van der Waals surface area contributed by atoms with Gasteiger partial charge in [0.15, 0.2) is 0 Å². The van der Waals surface area contributed by atoms with E-state index in [0.29, 0.717) is 23.7 Å². The molecule has 8 heteroatoms. The fraction of sp³-hybridized carbons (Fsp3) is 0.391. The third-order valence-electron chi connectivity index (χ3n) is 5.31. The standard InChI is InChI=1S/C23H27F3N4O/c1-4-30(16(2)3)19-9-7-18(8-10-19)28-22(31)17-11-14-29(15-12-17)21-20(23(24,25)26)6-5-13-27-21/h5-11,13,16H,4,12,14-15H2,1-3H3,(H,28,31). The van der Waals surface area contributed by atoms with Crippen molar-refractivity contribution in [2.24, 2.45) is 0 Å². The third kappa shape index (κ3) is 5.37. The zero-order valence-electron chi connectivity index (χ0n) is 17.9. The summed E-state index contributed by atoms with van der Waals surface area (Å²) in [5, 5.41) is 2.88. The van der Waals surface area contributed by atoms with Crippen molar-refractivity contribution in [1.29, 1.82) is 0 Å². The van der Waals surface area contributed by atoms with Gasteiger partial charge in [0.25, 0.3) is 5.91 Å². The number of aromatic nitrogens is 1. The molecule has 1 aliphatic rings. The SMILES string of the molecule is CCN(c1ccc(NC(=O)C2=CCN(c3ncccc3C(F)(F)F)CC2)cc1)C(C)C. The fourth-order valence-corrected chi connectivity index (χ4v) is 3.73. The topological polar surface area (TPSA) is 48.5 Å². The highest BCUT2D eigenvalue weighted by molar-refractivity contribution is 6.04. The minimum absolute atomic E-state index is 0.105. The Morgan fingerprint density at radius 1 is 1.23 bits per heavy atom. The lowest BCUT2D eigenvalue weighted by Crippen LogP contribution is -2.33. The van der Waals surface area contributed by atoms with Gasteiger partial charge in [-0.25, -0.2) is 4.98 Å². The molecule has 0 saturated carbocycles. The van der Waals surface area contributed by atoms with Crippen molar-refractivity contribution in [2.45, 2.75) is 39.4 Å². The molecule has 0 bridgehead atoms. The van der Waals surface area contributed by atoms with Crippen LogP contribution >= 0.6 is 0 Å². The summed E-state index contributed by atoms with van der Waals surface area (Å²) in [4.78, 5) is 20.3. The highest BCUT2D eigenvalue weighted by Crippen LogP contribution is 2.35. The molecule has 0 fully saturated rings. The molecule has 1 amide bonds. The number of anilines is 3. The summed E-state index contributed by atoms with van der Waals surface area (Å²) in [5.74, 6) is -0.340. The molecule has 1 aromatic carbocycles. The Balaban J connectivity index is 1.66. The van der Waals surface area contributed by atoms with Crippen LogP contribution in [-0.2, 0) is 11.0 Å². The van der Waals surface area contributed by atoms with Gasteiger partial charge < -0.3 is 15.1 Å². The number of rotatable bonds is 6. The average molecular weight is 432 g/mol. The van der Waals surface area contributed by atoms with Gasteiger partial charge in [-0.15, -0.1) is 0 Å². The smallest absolute Gasteiger partial charge is 0.369 e.